The molecule has 0 spiro atoms. The third kappa shape index (κ3) is 3.31. The molecule has 3 nitrogen and oxygen atoms in total. The van der Waals surface area contributed by atoms with Gasteiger partial charge in [0.2, 0.25) is 0 Å². The lowest BCUT2D eigenvalue weighted by Gasteiger charge is -2.35. The van der Waals surface area contributed by atoms with Gasteiger partial charge in [-0.1, -0.05) is 44.7 Å². The Morgan fingerprint density at radius 2 is 2.05 bits per heavy atom. The summed E-state index contributed by atoms with van der Waals surface area (Å²) in [5, 5.41) is 9.84. The zero-order valence-electron chi connectivity index (χ0n) is 10.8. The van der Waals surface area contributed by atoms with Crippen LogP contribution in [0, 0.1) is 0 Å². The molecule has 5 heteroatoms. The minimum atomic E-state index is -0.129. The first-order chi connectivity index (χ1) is 9.00. The summed E-state index contributed by atoms with van der Waals surface area (Å²) >= 11 is 6.99. The summed E-state index contributed by atoms with van der Waals surface area (Å²) in [5.74, 6) is -0.0999. The highest BCUT2D eigenvalue weighted by molar-refractivity contribution is 9.10. The Balaban J connectivity index is 2.20. The molecule has 104 valence electrons. The number of carbonyl (C=O) groups is 1. The Labute approximate surface area is 130 Å². The van der Waals surface area contributed by atoms with E-state index >= 15 is 0 Å². The minimum Gasteiger partial charge on any atom is -0.507 e. The van der Waals surface area contributed by atoms with Gasteiger partial charge in [0.05, 0.1) is 5.56 Å². The fraction of sp³-hybridized carbons (Fsp3) is 0.500. The van der Waals surface area contributed by atoms with Crippen LogP contribution in [-0.2, 0) is 0 Å². The van der Waals surface area contributed by atoms with Gasteiger partial charge in [-0.2, -0.15) is 0 Å². The fourth-order valence-corrected chi connectivity index (χ4v) is 3.83. The summed E-state index contributed by atoms with van der Waals surface area (Å²) in [6.07, 6.45) is 4.45. The molecule has 19 heavy (non-hydrogen) atoms. The van der Waals surface area contributed by atoms with Crippen molar-refractivity contribution in [2.45, 2.75) is 36.6 Å². The number of rotatable bonds is 2. The number of alkyl halides is 1. The van der Waals surface area contributed by atoms with Gasteiger partial charge in [-0.25, -0.2) is 0 Å². The summed E-state index contributed by atoms with van der Waals surface area (Å²) in [5.41, 5.74) is 0.349. The molecule has 1 fully saturated rings. The summed E-state index contributed by atoms with van der Waals surface area (Å²) in [7, 11) is 1.81. The number of aromatic hydroxyl groups is 1. The van der Waals surface area contributed by atoms with E-state index in [1.54, 1.807) is 17.0 Å². The zero-order valence-corrected chi connectivity index (χ0v) is 13.9. The zero-order chi connectivity index (χ0) is 14.0. The highest BCUT2D eigenvalue weighted by Gasteiger charge is 2.30. The van der Waals surface area contributed by atoms with E-state index in [1.807, 2.05) is 7.05 Å². The second-order valence-corrected chi connectivity index (χ2v) is 7.04. The Morgan fingerprint density at radius 3 is 2.74 bits per heavy atom. The lowest BCUT2D eigenvalue weighted by molar-refractivity contribution is 0.0701. The maximum Gasteiger partial charge on any atom is 0.257 e. The molecular weight excluding hydrogens is 374 g/mol. The van der Waals surface area contributed by atoms with Crippen LogP contribution < -0.4 is 0 Å². The smallest absolute Gasteiger partial charge is 0.257 e. The third-order valence-electron chi connectivity index (χ3n) is 3.65. The largest absolute Gasteiger partial charge is 0.507 e. The highest BCUT2D eigenvalue weighted by atomic mass is 79.9. The SMILES string of the molecule is CN(C(=O)c1cc(Br)ccc1O)C1CCCCC1Br. The summed E-state index contributed by atoms with van der Waals surface area (Å²) in [6, 6.07) is 5.12. The van der Waals surface area contributed by atoms with Gasteiger partial charge in [-0.05, 0) is 31.0 Å². The van der Waals surface area contributed by atoms with Crippen LogP contribution in [0.5, 0.6) is 5.75 Å². The fourth-order valence-electron chi connectivity index (χ4n) is 2.52. The van der Waals surface area contributed by atoms with Gasteiger partial charge in [-0.15, -0.1) is 0 Å². The molecule has 1 amide bonds. The highest BCUT2D eigenvalue weighted by Crippen LogP contribution is 2.30. The molecule has 0 saturated heterocycles. The Morgan fingerprint density at radius 1 is 1.37 bits per heavy atom. The number of phenolic OH excluding ortho intramolecular Hbond substituents is 1. The monoisotopic (exact) mass is 389 g/mol. The van der Waals surface area contributed by atoms with Crippen LogP contribution in [0.1, 0.15) is 36.0 Å². The van der Waals surface area contributed by atoms with Crippen LogP contribution in [0.3, 0.4) is 0 Å². The third-order valence-corrected chi connectivity index (χ3v) is 5.22. The van der Waals surface area contributed by atoms with Gasteiger partial charge in [-0.3, -0.25) is 4.79 Å². The van der Waals surface area contributed by atoms with Crippen molar-refractivity contribution in [2.75, 3.05) is 7.05 Å². The number of amides is 1. The first kappa shape index (κ1) is 14.9. The van der Waals surface area contributed by atoms with Crippen LogP contribution in [0.2, 0.25) is 0 Å². The second kappa shape index (κ2) is 6.27. The quantitative estimate of drug-likeness (QED) is 0.777. The maximum atomic E-state index is 12.5. The van der Waals surface area contributed by atoms with Crippen LogP contribution in [-0.4, -0.2) is 33.8 Å². The number of nitrogens with zero attached hydrogens (tertiary/aromatic N) is 1. The lowest BCUT2D eigenvalue weighted by Crippen LogP contribution is -2.44. The lowest BCUT2D eigenvalue weighted by atomic mass is 9.94. The van der Waals surface area contributed by atoms with Gasteiger partial charge in [0.1, 0.15) is 5.75 Å². The van der Waals surface area contributed by atoms with Crippen molar-refractivity contribution in [1.82, 2.24) is 4.90 Å². The molecule has 1 N–H and O–H groups in total. The molecular formula is C14H17Br2NO2. The molecule has 1 aromatic carbocycles. The second-order valence-electron chi connectivity index (χ2n) is 4.95. The van der Waals surface area contributed by atoms with E-state index in [4.69, 9.17) is 0 Å². The van der Waals surface area contributed by atoms with Gasteiger partial charge in [0, 0.05) is 22.4 Å². The van der Waals surface area contributed by atoms with Gasteiger partial charge < -0.3 is 10.0 Å². The van der Waals surface area contributed by atoms with E-state index in [0.29, 0.717) is 10.4 Å². The maximum absolute atomic E-state index is 12.5. The molecule has 2 rings (SSSR count). The van der Waals surface area contributed by atoms with Crippen molar-refractivity contribution < 1.29 is 9.90 Å². The first-order valence-corrected chi connectivity index (χ1v) is 8.11. The molecule has 0 radical (unpaired) electrons. The number of carbonyl (C=O) groups excluding carboxylic acids is 1. The van der Waals surface area contributed by atoms with Crippen molar-refractivity contribution in [3.8, 4) is 5.75 Å². The Bertz CT molecular complexity index is 479. The average molecular weight is 391 g/mol. The van der Waals surface area contributed by atoms with Crippen molar-refractivity contribution in [1.29, 1.82) is 0 Å². The number of halogens is 2. The van der Waals surface area contributed by atoms with Crippen LogP contribution >= 0.6 is 31.9 Å². The first-order valence-electron chi connectivity index (χ1n) is 6.40. The number of benzene rings is 1. The molecule has 0 heterocycles. The van der Waals surface area contributed by atoms with E-state index in [9.17, 15) is 9.90 Å². The molecule has 1 aliphatic rings. The summed E-state index contributed by atoms with van der Waals surface area (Å²) in [6.45, 7) is 0. The van der Waals surface area contributed by atoms with E-state index in [2.05, 4.69) is 31.9 Å². The van der Waals surface area contributed by atoms with Crippen LogP contribution in [0.4, 0.5) is 0 Å². The van der Waals surface area contributed by atoms with Crippen LogP contribution in [0.15, 0.2) is 22.7 Å². The minimum absolute atomic E-state index is 0.0296. The molecule has 1 saturated carbocycles. The predicted octanol–water partition coefficient (Wildman–Crippen LogP) is 3.93. The normalized spacial score (nSPS) is 23.1. The Hall–Kier alpha value is -0.550. The van der Waals surface area contributed by atoms with Crippen molar-refractivity contribution in [3.63, 3.8) is 0 Å². The number of hydrogen-bond acceptors (Lipinski definition) is 2. The number of hydrogen-bond donors (Lipinski definition) is 1. The van der Waals surface area contributed by atoms with Gasteiger partial charge in [0.25, 0.3) is 5.91 Å². The standard InChI is InChI=1S/C14H17Br2NO2/c1-17(12-5-3-2-4-11(12)16)14(19)10-8-9(15)6-7-13(10)18/h6-8,11-12,18H,2-5H2,1H3. The molecule has 1 aliphatic carbocycles. The molecule has 0 aromatic heterocycles. The van der Waals surface area contributed by atoms with Crippen molar-refractivity contribution in [3.05, 3.63) is 28.2 Å². The average Bonchev–Trinajstić information content (AvgIpc) is 2.40. The van der Waals surface area contributed by atoms with E-state index in [-0.39, 0.29) is 17.7 Å². The van der Waals surface area contributed by atoms with Gasteiger partial charge >= 0.3 is 0 Å². The summed E-state index contributed by atoms with van der Waals surface area (Å²) in [4.78, 5) is 14.6. The molecule has 2 unspecified atom stereocenters. The van der Waals surface area contributed by atoms with Gasteiger partial charge in [0.15, 0.2) is 0 Å². The molecule has 0 bridgehead atoms. The van der Waals surface area contributed by atoms with E-state index in [1.165, 1.54) is 12.5 Å². The molecule has 0 aliphatic heterocycles. The van der Waals surface area contributed by atoms with E-state index in [0.717, 1.165) is 23.7 Å². The Kier molecular flexibility index (Phi) is 4.90. The van der Waals surface area contributed by atoms with Crippen molar-refractivity contribution >= 4 is 37.8 Å². The summed E-state index contributed by atoms with van der Waals surface area (Å²) < 4.78 is 0.793. The van der Waals surface area contributed by atoms with Crippen molar-refractivity contribution in [2.24, 2.45) is 0 Å². The van der Waals surface area contributed by atoms with Crippen LogP contribution in [0.25, 0.3) is 0 Å². The molecule has 1 aromatic rings. The number of phenols is 1. The van der Waals surface area contributed by atoms with E-state index < -0.39 is 0 Å². The molecule has 2 atom stereocenters. The predicted molar refractivity (Wildman–Crippen MR) is 82.9 cm³/mol. The topological polar surface area (TPSA) is 40.5 Å².